The Kier molecular flexibility index (Phi) is 3.29. The zero-order valence-electron chi connectivity index (χ0n) is 9.31. The van der Waals surface area contributed by atoms with Crippen LogP contribution in [0.4, 0.5) is 10.5 Å². The van der Waals surface area contributed by atoms with E-state index in [9.17, 15) is 4.79 Å². The molecule has 0 atom stereocenters. The average Bonchev–Trinajstić information content (AvgIpc) is 2.51. The monoisotopic (exact) mass is 221 g/mol. The van der Waals surface area contributed by atoms with Gasteiger partial charge in [0.15, 0.2) is 0 Å². The number of hydrogen-bond donors (Lipinski definition) is 0. The number of ether oxygens (including phenoxy) is 2. The number of hydrogen-bond acceptors (Lipinski definition) is 3. The van der Waals surface area contributed by atoms with Crippen LogP contribution in [0.5, 0.6) is 5.75 Å². The zero-order chi connectivity index (χ0) is 11.4. The van der Waals surface area contributed by atoms with Crippen LogP contribution in [-0.4, -0.2) is 25.9 Å². The number of amides is 1. The van der Waals surface area contributed by atoms with Crippen molar-refractivity contribution >= 4 is 11.8 Å². The summed E-state index contributed by atoms with van der Waals surface area (Å²) in [5.74, 6) is 0.744. The molecule has 0 unspecified atom stereocenters. The number of carbonyl (C=O) groups is 1. The van der Waals surface area contributed by atoms with Gasteiger partial charge in [-0.3, -0.25) is 4.90 Å². The summed E-state index contributed by atoms with van der Waals surface area (Å²) in [7, 11) is 0. The molecule has 0 radical (unpaired) electrons. The summed E-state index contributed by atoms with van der Waals surface area (Å²) in [5, 5.41) is 0. The normalized spacial score (nSPS) is 14.7. The fourth-order valence-electron chi connectivity index (χ4n) is 1.72. The minimum absolute atomic E-state index is 0.305. The Hall–Kier alpha value is -1.71. The van der Waals surface area contributed by atoms with E-state index in [-0.39, 0.29) is 6.09 Å². The van der Waals surface area contributed by atoms with Gasteiger partial charge in [-0.1, -0.05) is 12.1 Å². The van der Waals surface area contributed by atoms with Crippen molar-refractivity contribution in [2.75, 3.05) is 24.7 Å². The predicted octanol–water partition coefficient (Wildman–Crippen LogP) is 2.43. The van der Waals surface area contributed by atoms with E-state index < -0.39 is 0 Å². The molecule has 16 heavy (non-hydrogen) atoms. The Bertz CT molecular complexity index is 378. The molecule has 0 aromatic heterocycles. The fourth-order valence-corrected chi connectivity index (χ4v) is 1.72. The van der Waals surface area contributed by atoms with Crippen LogP contribution in [0.25, 0.3) is 0 Å². The van der Waals surface area contributed by atoms with Crippen molar-refractivity contribution < 1.29 is 14.3 Å². The molecule has 0 aliphatic carbocycles. The lowest BCUT2D eigenvalue weighted by Gasteiger charge is -2.20. The molecule has 0 saturated heterocycles. The molecule has 1 aliphatic heterocycles. The first-order valence-corrected chi connectivity index (χ1v) is 5.49. The van der Waals surface area contributed by atoms with Crippen molar-refractivity contribution in [3.63, 3.8) is 0 Å². The van der Waals surface area contributed by atoms with Gasteiger partial charge in [0.2, 0.25) is 0 Å². The molecule has 1 aliphatic rings. The topological polar surface area (TPSA) is 38.8 Å². The first kappa shape index (κ1) is 10.8. The van der Waals surface area contributed by atoms with Crippen molar-refractivity contribution in [3.05, 3.63) is 24.3 Å². The molecule has 1 amide bonds. The van der Waals surface area contributed by atoms with Crippen molar-refractivity contribution in [1.82, 2.24) is 0 Å². The van der Waals surface area contributed by atoms with E-state index in [1.807, 2.05) is 24.3 Å². The molecule has 0 bridgehead atoms. The molecule has 0 spiro atoms. The first-order valence-electron chi connectivity index (χ1n) is 5.49. The lowest BCUT2D eigenvalue weighted by atomic mass is 10.2. The summed E-state index contributed by atoms with van der Waals surface area (Å²) in [5.41, 5.74) is 0.790. The van der Waals surface area contributed by atoms with Gasteiger partial charge >= 0.3 is 6.09 Å². The van der Waals surface area contributed by atoms with Gasteiger partial charge in [-0.15, -0.1) is 0 Å². The molecule has 1 aromatic rings. The Morgan fingerprint density at radius 1 is 1.50 bits per heavy atom. The average molecular weight is 221 g/mol. The molecule has 86 valence electrons. The summed E-state index contributed by atoms with van der Waals surface area (Å²) >= 11 is 0. The molecule has 0 saturated carbocycles. The van der Waals surface area contributed by atoms with Crippen LogP contribution >= 0.6 is 0 Å². The van der Waals surface area contributed by atoms with E-state index in [0.29, 0.717) is 19.8 Å². The van der Waals surface area contributed by atoms with E-state index >= 15 is 0 Å². The number of benzene rings is 1. The predicted molar refractivity (Wildman–Crippen MR) is 60.9 cm³/mol. The quantitative estimate of drug-likeness (QED) is 0.731. The van der Waals surface area contributed by atoms with E-state index in [1.165, 1.54) is 0 Å². The van der Waals surface area contributed by atoms with E-state index in [4.69, 9.17) is 9.47 Å². The van der Waals surface area contributed by atoms with Gasteiger partial charge in [-0.25, -0.2) is 4.79 Å². The maximum atomic E-state index is 11.8. The molecule has 1 heterocycles. The summed E-state index contributed by atoms with van der Waals surface area (Å²) in [4.78, 5) is 13.4. The molecule has 1 aromatic carbocycles. The highest BCUT2D eigenvalue weighted by atomic mass is 16.6. The van der Waals surface area contributed by atoms with Gasteiger partial charge in [0, 0.05) is 6.54 Å². The Morgan fingerprint density at radius 3 is 3.12 bits per heavy atom. The number of carbonyl (C=O) groups excluding carboxylic acids is 1. The summed E-state index contributed by atoms with van der Waals surface area (Å²) in [6, 6.07) is 7.53. The largest absolute Gasteiger partial charge is 0.491 e. The maximum Gasteiger partial charge on any atom is 0.414 e. The van der Waals surface area contributed by atoms with Crippen LogP contribution in [-0.2, 0) is 4.74 Å². The van der Waals surface area contributed by atoms with Crippen molar-refractivity contribution in [2.24, 2.45) is 0 Å². The minimum atomic E-state index is -0.305. The number of para-hydroxylation sites is 2. The van der Waals surface area contributed by atoms with Crippen molar-refractivity contribution in [2.45, 2.75) is 13.3 Å². The Labute approximate surface area is 94.8 Å². The molecule has 2 rings (SSSR count). The second kappa shape index (κ2) is 4.88. The third kappa shape index (κ3) is 2.10. The zero-order valence-corrected chi connectivity index (χ0v) is 9.31. The highest BCUT2D eigenvalue weighted by Crippen LogP contribution is 2.30. The van der Waals surface area contributed by atoms with Gasteiger partial charge in [0.1, 0.15) is 5.75 Å². The first-order chi connectivity index (χ1) is 7.83. The molecule has 0 N–H and O–H groups in total. The van der Waals surface area contributed by atoms with Crippen LogP contribution in [0, 0.1) is 0 Å². The number of nitrogens with zero attached hydrogens (tertiary/aromatic N) is 1. The SMILES string of the molecule is CCOC(=O)N1CCCOc2ccccc21. The highest BCUT2D eigenvalue weighted by Gasteiger charge is 2.22. The van der Waals surface area contributed by atoms with Gasteiger partial charge in [-0.05, 0) is 25.5 Å². The standard InChI is InChI=1S/C12H15NO3/c1-2-15-12(14)13-8-5-9-16-11-7-4-3-6-10(11)13/h3-4,6-7H,2,5,8-9H2,1H3. The molecule has 0 fully saturated rings. The van der Waals surface area contributed by atoms with Crippen molar-refractivity contribution in [3.8, 4) is 5.75 Å². The summed E-state index contributed by atoms with van der Waals surface area (Å²) in [6.45, 7) is 3.46. The lowest BCUT2D eigenvalue weighted by molar-refractivity contribution is 0.160. The number of fused-ring (bicyclic) bond motifs is 1. The van der Waals surface area contributed by atoms with E-state index in [2.05, 4.69) is 0 Å². The lowest BCUT2D eigenvalue weighted by Crippen LogP contribution is -2.32. The van der Waals surface area contributed by atoms with Crippen molar-refractivity contribution in [1.29, 1.82) is 0 Å². The van der Waals surface area contributed by atoms with Gasteiger partial charge in [0.25, 0.3) is 0 Å². The third-order valence-electron chi connectivity index (χ3n) is 2.43. The van der Waals surface area contributed by atoms with Gasteiger partial charge in [-0.2, -0.15) is 0 Å². The van der Waals surface area contributed by atoms with Gasteiger partial charge in [0.05, 0.1) is 18.9 Å². The molecule has 4 heteroatoms. The number of rotatable bonds is 1. The van der Waals surface area contributed by atoms with Crippen LogP contribution in [0.3, 0.4) is 0 Å². The summed E-state index contributed by atoms with van der Waals surface area (Å²) in [6.07, 6.45) is 0.508. The maximum absolute atomic E-state index is 11.8. The fraction of sp³-hybridized carbons (Fsp3) is 0.417. The van der Waals surface area contributed by atoms with Crippen LogP contribution in [0.15, 0.2) is 24.3 Å². The Morgan fingerprint density at radius 2 is 2.31 bits per heavy atom. The number of anilines is 1. The van der Waals surface area contributed by atoms with Crippen LogP contribution in [0.1, 0.15) is 13.3 Å². The molecule has 4 nitrogen and oxygen atoms in total. The second-order valence-corrected chi connectivity index (χ2v) is 3.52. The van der Waals surface area contributed by atoms with Gasteiger partial charge < -0.3 is 9.47 Å². The second-order valence-electron chi connectivity index (χ2n) is 3.52. The van der Waals surface area contributed by atoms with Crippen LogP contribution < -0.4 is 9.64 Å². The molecular formula is C12H15NO3. The van der Waals surface area contributed by atoms with E-state index in [0.717, 1.165) is 17.9 Å². The minimum Gasteiger partial charge on any atom is -0.491 e. The smallest absolute Gasteiger partial charge is 0.414 e. The third-order valence-corrected chi connectivity index (χ3v) is 2.43. The van der Waals surface area contributed by atoms with Crippen LogP contribution in [0.2, 0.25) is 0 Å². The van der Waals surface area contributed by atoms with E-state index in [1.54, 1.807) is 11.8 Å². The Balaban J connectivity index is 2.28. The summed E-state index contributed by atoms with van der Waals surface area (Å²) < 4.78 is 10.6. The molecular weight excluding hydrogens is 206 g/mol. The highest BCUT2D eigenvalue weighted by molar-refractivity contribution is 5.89.